The van der Waals surface area contributed by atoms with E-state index in [1.54, 1.807) is 17.9 Å². The molecule has 0 amide bonds. The van der Waals surface area contributed by atoms with Crippen LogP contribution in [0, 0.1) is 0 Å². The summed E-state index contributed by atoms with van der Waals surface area (Å²) in [5.74, 6) is 0. The van der Waals surface area contributed by atoms with Gasteiger partial charge >= 0.3 is 0 Å². The molecule has 1 unspecified atom stereocenters. The fraction of sp³-hybridized carbons (Fsp3) is 0.667. The average molecular weight is 156 g/mol. The topological polar surface area (TPSA) is 77.0 Å². The Morgan fingerprint density at radius 2 is 2.55 bits per heavy atom. The monoisotopic (exact) mass is 156 g/mol. The minimum Gasteiger partial charge on any atom is -0.391 e. The maximum Gasteiger partial charge on any atom is 0.0853 e. The number of aliphatic hydroxyl groups is 1. The van der Waals surface area contributed by atoms with E-state index in [1.807, 2.05) is 0 Å². The summed E-state index contributed by atoms with van der Waals surface area (Å²) in [4.78, 5) is 0. The standard InChI is InChI=1S/C6H12N4O/c1-10-4-5(8-9-10)2-6(11)3-7/h4,6,11H,2-3,7H2,1H3. The molecular weight excluding hydrogens is 144 g/mol. The molecule has 0 saturated carbocycles. The van der Waals surface area contributed by atoms with Crippen molar-refractivity contribution in [2.24, 2.45) is 12.8 Å². The lowest BCUT2D eigenvalue weighted by Crippen LogP contribution is -2.22. The molecule has 11 heavy (non-hydrogen) atoms. The molecule has 5 heteroatoms. The van der Waals surface area contributed by atoms with Gasteiger partial charge in [-0.05, 0) is 0 Å². The SMILES string of the molecule is Cn1cc(CC(O)CN)nn1. The molecule has 5 nitrogen and oxygen atoms in total. The molecule has 1 rings (SSSR count). The predicted octanol–water partition coefficient (Wildman–Crippen LogP) is -1.32. The number of hydrogen-bond donors (Lipinski definition) is 2. The van der Waals surface area contributed by atoms with E-state index in [4.69, 9.17) is 10.8 Å². The van der Waals surface area contributed by atoms with Crippen LogP contribution in [0.3, 0.4) is 0 Å². The van der Waals surface area contributed by atoms with Crippen molar-refractivity contribution in [1.29, 1.82) is 0 Å². The Bertz CT molecular complexity index is 222. The second kappa shape index (κ2) is 3.45. The summed E-state index contributed by atoms with van der Waals surface area (Å²) in [6.45, 7) is 0.260. The van der Waals surface area contributed by atoms with Gasteiger partial charge in [0.2, 0.25) is 0 Å². The van der Waals surface area contributed by atoms with Crippen molar-refractivity contribution in [1.82, 2.24) is 15.0 Å². The zero-order valence-corrected chi connectivity index (χ0v) is 6.44. The lowest BCUT2D eigenvalue weighted by Gasteiger charge is -2.02. The number of aliphatic hydroxyl groups excluding tert-OH is 1. The van der Waals surface area contributed by atoms with Crippen molar-refractivity contribution in [2.75, 3.05) is 6.54 Å². The molecule has 0 bridgehead atoms. The molecule has 0 fully saturated rings. The average Bonchev–Trinajstić information content (AvgIpc) is 2.35. The fourth-order valence-corrected chi connectivity index (χ4v) is 0.814. The summed E-state index contributed by atoms with van der Waals surface area (Å²) in [6, 6.07) is 0. The Morgan fingerprint density at radius 3 is 3.00 bits per heavy atom. The highest BCUT2D eigenvalue weighted by molar-refractivity contribution is 4.93. The molecule has 1 aromatic rings. The van der Waals surface area contributed by atoms with Crippen LogP contribution in [0.1, 0.15) is 5.69 Å². The van der Waals surface area contributed by atoms with Crippen LogP contribution in [0.25, 0.3) is 0 Å². The van der Waals surface area contributed by atoms with Crippen molar-refractivity contribution in [2.45, 2.75) is 12.5 Å². The highest BCUT2D eigenvalue weighted by Gasteiger charge is 2.05. The number of aryl methyl sites for hydroxylation is 1. The van der Waals surface area contributed by atoms with E-state index in [-0.39, 0.29) is 6.54 Å². The normalized spacial score (nSPS) is 13.4. The van der Waals surface area contributed by atoms with E-state index in [0.717, 1.165) is 5.69 Å². The number of aromatic nitrogens is 3. The van der Waals surface area contributed by atoms with Gasteiger partial charge < -0.3 is 10.8 Å². The molecule has 0 saturated heterocycles. The van der Waals surface area contributed by atoms with Crippen LogP contribution in [0.2, 0.25) is 0 Å². The van der Waals surface area contributed by atoms with E-state index in [9.17, 15) is 0 Å². The second-order valence-corrected chi connectivity index (χ2v) is 2.48. The first-order chi connectivity index (χ1) is 5.22. The van der Waals surface area contributed by atoms with Crippen molar-refractivity contribution < 1.29 is 5.11 Å². The van der Waals surface area contributed by atoms with Crippen molar-refractivity contribution >= 4 is 0 Å². The molecular formula is C6H12N4O. The first-order valence-electron chi connectivity index (χ1n) is 3.45. The van der Waals surface area contributed by atoms with E-state index in [1.165, 1.54) is 0 Å². The van der Waals surface area contributed by atoms with Crippen molar-refractivity contribution in [3.8, 4) is 0 Å². The van der Waals surface area contributed by atoms with Crippen LogP contribution in [0.5, 0.6) is 0 Å². The summed E-state index contributed by atoms with van der Waals surface area (Å²) in [7, 11) is 1.78. The Morgan fingerprint density at radius 1 is 1.82 bits per heavy atom. The Labute approximate surface area is 64.8 Å². The number of rotatable bonds is 3. The molecule has 0 aromatic carbocycles. The fourth-order valence-electron chi connectivity index (χ4n) is 0.814. The molecule has 0 aliphatic rings. The maximum atomic E-state index is 9.12. The van der Waals surface area contributed by atoms with E-state index >= 15 is 0 Å². The van der Waals surface area contributed by atoms with Crippen LogP contribution in [-0.2, 0) is 13.5 Å². The van der Waals surface area contributed by atoms with Crippen LogP contribution in [0.4, 0.5) is 0 Å². The van der Waals surface area contributed by atoms with Crippen LogP contribution in [0.15, 0.2) is 6.20 Å². The third-order valence-electron chi connectivity index (χ3n) is 1.37. The van der Waals surface area contributed by atoms with Gasteiger partial charge in [-0.15, -0.1) is 5.10 Å². The van der Waals surface area contributed by atoms with Gasteiger partial charge in [0, 0.05) is 26.2 Å². The minimum atomic E-state index is -0.508. The van der Waals surface area contributed by atoms with Crippen LogP contribution < -0.4 is 5.73 Å². The van der Waals surface area contributed by atoms with Gasteiger partial charge in [0.05, 0.1) is 11.8 Å². The van der Waals surface area contributed by atoms with Crippen LogP contribution in [-0.4, -0.2) is 32.7 Å². The number of nitrogens with two attached hydrogens (primary N) is 1. The lowest BCUT2D eigenvalue weighted by atomic mass is 10.2. The Hall–Kier alpha value is -0.940. The Kier molecular flexibility index (Phi) is 2.56. The zero-order chi connectivity index (χ0) is 8.27. The predicted molar refractivity (Wildman–Crippen MR) is 39.8 cm³/mol. The highest BCUT2D eigenvalue weighted by Crippen LogP contribution is 1.95. The summed E-state index contributed by atoms with van der Waals surface area (Å²) < 4.78 is 1.60. The number of hydrogen-bond acceptors (Lipinski definition) is 4. The van der Waals surface area contributed by atoms with Gasteiger partial charge in [0.1, 0.15) is 0 Å². The molecule has 1 atom stereocenters. The van der Waals surface area contributed by atoms with E-state index in [0.29, 0.717) is 6.42 Å². The molecule has 62 valence electrons. The molecule has 3 N–H and O–H groups in total. The third-order valence-corrected chi connectivity index (χ3v) is 1.37. The zero-order valence-electron chi connectivity index (χ0n) is 6.44. The molecule has 0 radical (unpaired) electrons. The first-order valence-corrected chi connectivity index (χ1v) is 3.45. The van der Waals surface area contributed by atoms with Crippen molar-refractivity contribution in [3.05, 3.63) is 11.9 Å². The second-order valence-electron chi connectivity index (χ2n) is 2.48. The van der Waals surface area contributed by atoms with Gasteiger partial charge in [-0.1, -0.05) is 5.21 Å². The first kappa shape index (κ1) is 8.16. The molecule has 1 heterocycles. The molecule has 1 aromatic heterocycles. The van der Waals surface area contributed by atoms with Gasteiger partial charge in [-0.25, -0.2) is 0 Å². The maximum absolute atomic E-state index is 9.12. The van der Waals surface area contributed by atoms with Gasteiger partial charge in [-0.2, -0.15) is 0 Å². The molecule has 0 spiro atoms. The minimum absolute atomic E-state index is 0.260. The number of nitrogens with zero attached hydrogens (tertiary/aromatic N) is 3. The van der Waals surface area contributed by atoms with Gasteiger partial charge in [0.15, 0.2) is 0 Å². The van der Waals surface area contributed by atoms with E-state index < -0.39 is 6.10 Å². The highest BCUT2D eigenvalue weighted by atomic mass is 16.3. The summed E-state index contributed by atoms with van der Waals surface area (Å²) >= 11 is 0. The van der Waals surface area contributed by atoms with Gasteiger partial charge in [0.25, 0.3) is 0 Å². The quantitative estimate of drug-likeness (QED) is 0.569. The summed E-state index contributed by atoms with van der Waals surface area (Å²) in [5.41, 5.74) is 5.99. The Balaban J connectivity index is 2.50. The third kappa shape index (κ3) is 2.28. The molecule has 0 aliphatic heterocycles. The van der Waals surface area contributed by atoms with Crippen LogP contribution >= 0.6 is 0 Å². The summed E-state index contributed by atoms with van der Waals surface area (Å²) in [6.07, 6.45) is 1.73. The molecule has 0 aliphatic carbocycles. The summed E-state index contributed by atoms with van der Waals surface area (Å²) in [5, 5.41) is 16.6. The van der Waals surface area contributed by atoms with Crippen molar-refractivity contribution in [3.63, 3.8) is 0 Å². The van der Waals surface area contributed by atoms with E-state index in [2.05, 4.69) is 10.3 Å². The van der Waals surface area contributed by atoms with Gasteiger partial charge in [-0.3, -0.25) is 4.68 Å². The largest absolute Gasteiger partial charge is 0.391 e. The lowest BCUT2D eigenvalue weighted by molar-refractivity contribution is 0.182. The smallest absolute Gasteiger partial charge is 0.0853 e.